The van der Waals surface area contributed by atoms with Crippen LogP contribution in [-0.2, 0) is 0 Å². The van der Waals surface area contributed by atoms with Gasteiger partial charge in [-0.3, -0.25) is 0 Å². The molecule has 2 heterocycles. The van der Waals surface area contributed by atoms with Gasteiger partial charge in [-0.05, 0) is 24.3 Å². The summed E-state index contributed by atoms with van der Waals surface area (Å²) in [4.78, 5) is 0. The van der Waals surface area contributed by atoms with E-state index in [4.69, 9.17) is 23.2 Å². The van der Waals surface area contributed by atoms with Gasteiger partial charge in [-0.25, -0.2) is 4.39 Å². The number of aromatic nitrogens is 1. The van der Waals surface area contributed by atoms with E-state index in [1.54, 1.807) is 46.7 Å². The number of thioether (sulfide) groups is 1. The second-order valence-electron chi connectivity index (χ2n) is 5.67. The molecule has 1 aliphatic rings. The zero-order chi connectivity index (χ0) is 17.6. The second kappa shape index (κ2) is 6.52. The van der Waals surface area contributed by atoms with E-state index in [9.17, 15) is 9.50 Å². The minimum absolute atomic E-state index is 0.0486. The van der Waals surface area contributed by atoms with Crippen molar-refractivity contribution in [1.82, 2.24) is 4.57 Å². The van der Waals surface area contributed by atoms with Gasteiger partial charge in [-0.2, -0.15) is 11.8 Å². The first-order valence-corrected chi connectivity index (χ1v) is 9.43. The van der Waals surface area contributed by atoms with E-state index in [0.717, 1.165) is 11.5 Å². The predicted molar refractivity (Wildman–Crippen MR) is 101 cm³/mol. The highest BCUT2D eigenvalue weighted by atomic mass is 35.5. The predicted octanol–water partition coefficient (Wildman–Crippen LogP) is 6.50. The molecule has 128 valence electrons. The van der Waals surface area contributed by atoms with Crippen LogP contribution in [0.1, 0.15) is 6.04 Å². The Morgan fingerprint density at radius 2 is 1.96 bits per heavy atom. The van der Waals surface area contributed by atoms with E-state index in [1.807, 2.05) is 0 Å². The number of fused-ring (bicyclic) bond motifs is 1. The monoisotopic (exact) mass is 395 g/mol. The fourth-order valence-corrected chi connectivity index (χ4v) is 3.98. The van der Waals surface area contributed by atoms with Crippen molar-refractivity contribution in [3.63, 3.8) is 0 Å². The maximum absolute atomic E-state index is 14.4. The van der Waals surface area contributed by atoms with Gasteiger partial charge in [0.05, 0.1) is 16.6 Å². The van der Waals surface area contributed by atoms with Crippen LogP contribution in [0.2, 0.25) is 10.0 Å². The molecule has 0 atom stereocenters. The van der Waals surface area contributed by atoms with Crippen molar-refractivity contribution in [2.75, 3.05) is 11.5 Å². The Labute approximate surface area is 157 Å². The Hall–Kier alpha value is -1.76. The summed E-state index contributed by atoms with van der Waals surface area (Å²) < 4.78 is 16.0. The molecule has 0 aliphatic carbocycles. The van der Waals surface area contributed by atoms with E-state index in [0.29, 0.717) is 26.6 Å². The van der Waals surface area contributed by atoms with Gasteiger partial charge in [0.2, 0.25) is 5.88 Å². The minimum atomic E-state index is -0.393. The van der Waals surface area contributed by atoms with Crippen molar-refractivity contribution in [3.05, 3.63) is 52.3 Å². The Kier molecular flexibility index (Phi) is 4.35. The average Bonchev–Trinajstić information content (AvgIpc) is 2.79. The molecule has 0 radical (unpaired) electrons. The topological polar surface area (TPSA) is 49.9 Å². The van der Waals surface area contributed by atoms with Gasteiger partial charge < -0.3 is 9.67 Å². The smallest absolute Gasteiger partial charge is 0.221 e. The number of azo groups is 1. The molecular weight excluding hydrogens is 384 g/mol. The van der Waals surface area contributed by atoms with Crippen molar-refractivity contribution >= 4 is 57.2 Å². The largest absolute Gasteiger partial charge is 0.493 e. The van der Waals surface area contributed by atoms with Crippen LogP contribution in [0.3, 0.4) is 0 Å². The fraction of sp³-hybridized carbons (Fsp3) is 0.176. The second-order valence-corrected chi connectivity index (χ2v) is 7.58. The SMILES string of the molecule is Oc1c(N=Nc2ccc(Cl)cc2Cl)c2cccc(F)c2n1C1CSC1. The van der Waals surface area contributed by atoms with Gasteiger partial charge in [0.1, 0.15) is 11.5 Å². The van der Waals surface area contributed by atoms with Crippen LogP contribution in [0.5, 0.6) is 5.88 Å². The molecule has 4 rings (SSSR count). The molecule has 0 saturated carbocycles. The van der Waals surface area contributed by atoms with Gasteiger partial charge in [0, 0.05) is 21.9 Å². The number of hydrogen-bond donors (Lipinski definition) is 1. The molecule has 4 nitrogen and oxygen atoms in total. The lowest BCUT2D eigenvalue weighted by molar-refractivity contribution is 0.404. The number of halogens is 3. The first-order chi connectivity index (χ1) is 12.1. The van der Waals surface area contributed by atoms with Crippen LogP contribution in [-0.4, -0.2) is 21.2 Å². The lowest BCUT2D eigenvalue weighted by Crippen LogP contribution is -2.22. The van der Waals surface area contributed by atoms with Crippen molar-refractivity contribution in [2.24, 2.45) is 10.2 Å². The first-order valence-electron chi connectivity index (χ1n) is 7.52. The molecule has 0 amide bonds. The molecule has 1 aliphatic heterocycles. The van der Waals surface area contributed by atoms with Gasteiger partial charge >= 0.3 is 0 Å². The summed E-state index contributed by atoms with van der Waals surface area (Å²) in [5, 5.41) is 20.3. The van der Waals surface area contributed by atoms with Gasteiger partial charge in [-0.1, -0.05) is 35.3 Å². The van der Waals surface area contributed by atoms with Gasteiger partial charge in [-0.15, -0.1) is 10.2 Å². The normalized spacial score (nSPS) is 15.2. The van der Waals surface area contributed by atoms with Crippen molar-refractivity contribution in [3.8, 4) is 5.88 Å². The number of rotatable bonds is 3. The zero-order valence-corrected chi connectivity index (χ0v) is 15.1. The van der Waals surface area contributed by atoms with Crippen molar-refractivity contribution in [2.45, 2.75) is 6.04 Å². The van der Waals surface area contributed by atoms with E-state index < -0.39 is 5.82 Å². The summed E-state index contributed by atoms with van der Waals surface area (Å²) in [7, 11) is 0. The maximum Gasteiger partial charge on any atom is 0.221 e. The van der Waals surface area contributed by atoms with E-state index in [1.165, 1.54) is 6.07 Å². The summed E-state index contributed by atoms with van der Waals surface area (Å²) >= 11 is 13.7. The molecule has 3 aromatic rings. The molecule has 8 heteroatoms. The zero-order valence-electron chi connectivity index (χ0n) is 12.8. The highest BCUT2D eigenvalue weighted by Crippen LogP contribution is 2.45. The molecule has 1 N–H and O–H groups in total. The highest BCUT2D eigenvalue weighted by Gasteiger charge is 2.29. The Balaban J connectivity index is 1.86. The molecule has 2 aromatic carbocycles. The Bertz CT molecular complexity index is 1000. The van der Waals surface area contributed by atoms with Gasteiger partial charge in [0.15, 0.2) is 5.69 Å². The summed E-state index contributed by atoms with van der Waals surface area (Å²) in [6.45, 7) is 0. The van der Waals surface area contributed by atoms with Crippen LogP contribution < -0.4 is 0 Å². The van der Waals surface area contributed by atoms with E-state index >= 15 is 0 Å². The average molecular weight is 396 g/mol. The molecule has 0 bridgehead atoms. The Morgan fingerprint density at radius 1 is 1.16 bits per heavy atom. The van der Waals surface area contributed by atoms with Crippen LogP contribution in [0.4, 0.5) is 15.8 Å². The molecule has 0 spiro atoms. The molecule has 0 unspecified atom stereocenters. The lowest BCUT2D eigenvalue weighted by atomic mass is 10.2. The highest BCUT2D eigenvalue weighted by molar-refractivity contribution is 8.00. The minimum Gasteiger partial charge on any atom is -0.493 e. The van der Waals surface area contributed by atoms with E-state index in [-0.39, 0.29) is 17.6 Å². The van der Waals surface area contributed by atoms with Gasteiger partial charge in [0.25, 0.3) is 0 Å². The summed E-state index contributed by atoms with van der Waals surface area (Å²) in [6, 6.07) is 9.58. The van der Waals surface area contributed by atoms with Crippen LogP contribution in [0, 0.1) is 5.82 Å². The lowest BCUT2D eigenvalue weighted by Gasteiger charge is -2.27. The molecule has 1 saturated heterocycles. The number of benzene rings is 2. The molecule has 1 fully saturated rings. The van der Waals surface area contributed by atoms with Crippen molar-refractivity contribution < 1.29 is 9.50 Å². The quantitative estimate of drug-likeness (QED) is 0.514. The number of para-hydroxylation sites is 1. The van der Waals surface area contributed by atoms with Crippen molar-refractivity contribution in [1.29, 1.82) is 0 Å². The maximum atomic E-state index is 14.4. The molecule has 1 aromatic heterocycles. The summed E-state index contributed by atoms with van der Waals surface area (Å²) in [5.41, 5.74) is 1.00. The Morgan fingerprint density at radius 3 is 2.64 bits per heavy atom. The summed E-state index contributed by atoms with van der Waals surface area (Å²) in [6.07, 6.45) is 0. The fourth-order valence-electron chi connectivity index (χ4n) is 2.78. The van der Waals surface area contributed by atoms with Crippen LogP contribution >= 0.6 is 35.0 Å². The van der Waals surface area contributed by atoms with E-state index in [2.05, 4.69) is 10.2 Å². The first kappa shape index (κ1) is 16.7. The number of nitrogens with zero attached hydrogens (tertiary/aromatic N) is 3. The summed E-state index contributed by atoms with van der Waals surface area (Å²) in [5.74, 6) is 1.17. The van der Waals surface area contributed by atoms with Crippen LogP contribution in [0.15, 0.2) is 46.6 Å². The molecule has 25 heavy (non-hydrogen) atoms. The number of hydrogen-bond acceptors (Lipinski definition) is 4. The standard InChI is InChI=1S/C17H12Cl2FN3OS/c18-9-4-5-14(12(19)6-9)21-22-15-11-2-1-3-13(20)16(11)23(17(15)24)10-7-25-8-10/h1-6,10,24H,7-8H2. The third-order valence-electron chi connectivity index (χ3n) is 4.08. The number of aromatic hydroxyl groups is 1. The van der Waals surface area contributed by atoms with Crippen LogP contribution in [0.25, 0.3) is 10.9 Å². The third kappa shape index (κ3) is 2.88. The molecular formula is C17H12Cl2FN3OS. The third-order valence-corrected chi connectivity index (χ3v) is 5.85.